The summed E-state index contributed by atoms with van der Waals surface area (Å²) in [6.45, 7) is 2.45. The van der Waals surface area contributed by atoms with Gasteiger partial charge < -0.3 is 15.0 Å². The third-order valence-corrected chi connectivity index (χ3v) is 5.12. The molecule has 1 aromatic carbocycles. The van der Waals surface area contributed by atoms with E-state index in [0.717, 1.165) is 30.0 Å². The number of hydrogen-bond acceptors (Lipinski definition) is 7. The van der Waals surface area contributed by atoms with Crippen LogP contribution in [-0.4, -0.2) is 46.1 Å². The molecule has 1 aliphatic heterocycles. The highest BCUT2D eigenvalue weighted by molar-refractivity contribution is 5.91. The van der Waals surface area contributed by atoms with E-state index >= 15 is 0 Å². The molecule has 4 rings (SSSR count). The van der Waals surface area contributed by atoms with E-state index in [1.807, 2.05) is 18.2 Å². The molecule has 2 aromatic heterocycles. The molecule has 0 aliphatic carbocycles. The maximum Gasteiger partial charge on any atom is 0.230 e. The Bertz CT molecular complexity index is 1100. The topological polar surface area (TPSA) is 109 Å². The van der Waals surface area contributed by atoms with Crippen molar-refractivity contribution in [2.45, 2.75) is 25.8 Å². The van der Waals surface area contributed by atoms with Gasteiger partial charge >= 0.3 is 0 Å². The van der Waals surface area contributed by atoms with Gasteiger partial charge in [0.25, 0.3) is 0 Å². The molecule has 158 valence electrons. The summed E-state index contributed by atoms with van der Waals surface area (Å²) in [5.41, 5.74) is 2.15. The summed E-state index contributed by atoms with van der Waals surface area (Å²) in [4.78, 5) is 20.6. The monoisotopic (exact) mass is 417 g/mol. The number of hydrogen-bond donors (Lipinski definition) is 1. The summed E-state index contributed by atoms with van der Waals surface area (Å²) in [5, 5.41) is 20.4. The Balaban J connectivity index is 1.33. The van der Waals surface area contributed by atoms with Crippen molar-refractivity contribution in [1.29, 1.82) is 5.26 Å². The van der Waals surface area contributed by atoms with Crippen molar-refractivity contribution in [3.63, 3.8) is 0 Å². The third kappa shape index (κ3) is 4.98. The quantitative estimate of drug-likeness (QED) is 0.629. The molecule has 9 heteroatoms. The molecule has 0 saturated carbocycles. The first-order valence-corrected chi connectivity index (χ1v) is 10.1. The average molecular weight is 417 g/mol. The van der Waals surface area contributed by atoms with E-state index in [1.165, 1.54) is 30.9 Å². The number of rotatable bonds is 7. The normalized spacial score (nSPS) is 13.1. The number of ether oxygens (including phenoxy) is 1. The Morgan fingerprint density at radius 1 is 1.19 bits per heavy atom. The molecule has 0 radical (unpaired) electrons. The van der Waals surface area contributed by atoms with Crippen LogP contribution in [-0.2, 0) is 17.8 Å². The zero-order valence-electron chi connectivity index (χ0n) is 17.3. The summed E-state index contributed by atoms with van der Waals surface area (Å²) in [7, 11) is 1.53. The van der Waals surface area contributed by atoms with Gasteiger partial charge in [-0.05, 0) is 42.2 Å². The third-order valence-electron chi connectivity index (χ3n) is 5.12. The van der Waals surface area contributed by atoms with E-state index < -0.39 is 0 Å². The number of carbonyl (C=O) groups is 1. The summed E-state index contributed by atoms with van der Waals surface area (Å²) in [6.07, 6.45) is 5.86. The van der Waals surface area contributed by atoms with Crippen molar-refractivity contribution in [3.05, 3.63) is 59.4 Å². The van der Waals surface area contributed by atoms with Gasteiger partial charge in [0.05, 0.1) is 31.8 Å². The Kier molecular flexibility index (Phi) is 6.08. The highest BCUT2D eigenvalue weighted by Gasteiger charge is 2.14. The van der Waals surface area contributed by atoms with Gasteiger partial charge in [0.1, 0.15) is 17.6 Å². The van der Waals surface area contributed by atoms with Crippen LogP contribution in [0.5, 0.6) is 5.75 Å². The second-order valence-corrected chi connectivity index (χ2v) is 7.35. The number of aromatic nitrogens is 4. The molecular formula is C22H23N7O2. The minimum Gasteiger partial charge on any atom is -0.495 e. The predicted octanol–water partition coefficient (Wildman–Crippen LogP) is 2.38. The zero-order valence-corrected chi connectivity index (χ0v) is 17.3. The molecule has 1 N–H and O–H groups in total. The van der Waals surface area contributed by atoms with Crippen LogP contribution >= 0.6 is 0 Å². The SMILES string of the molecule is COc1ccc(Cn2ncc(NC(=O)Cc3ccc(N4CCCC4)nc3)n2)cc1C#N. The highest BCUT2D eigenvalue weighted by Crippen LogP contribution is 2.20. The fourth-order valence-corrected chi connectivity index (χ4v) is 3.56. The van der Waals surface area contributed by atoms with Crippen molar-refractivity contribution >= 4 is 17.5 Å². The van der Waals surface area contributed by atoms with Crippen LogP contribution in [0.2, 0.25) is 0 Å². The number of pyridine rings is 1. The maximum absolute atomic E-state index is 12.4. The molecule has 0 unspecified atom stereocenters. The first kappa shape index (κ1) is 20.3. The van der Waals surface area contributed by atoms with Crippen LogP contribution in [0.3, 0.4) is 0 Å². The van der Waals surface area contributed by atoms with Crippen LogP contribution < -0.4 is 15.0 Å². The molecule has 9 nitrogen and oxygen atoms in total. The van der Waals surface area contributed by atoms with E-state index in [0.29, 0.717) is 23.7 Å². The lowest BCUT2D eigenvalue weighted by Crippen LogP contribution is -2.19. The average Bonchev–Trinajstić information content (AvgIpc) is 3.47. The Morgan fingerprint density at radius 2 is 2.00 bits per heavy atom. The summed E-state index contributed by atoms with van der Waals surface area (Å²) in [5.74, 6) is 1.68. The number of anilines is 2. The van der Waals surface area contributed by atoms with E-state index in [9.17, 15) is 10.1 Å². The van der Waals surface area contributed by atoms with Crippen LogP contribution in [0.1, 0.15) is 29.5 Å². The highest BCUT2D eigenvalue weighted by atomic mass is 16.5. The molecule has 0 bridgehead atoms. The largest absolute Gasteiger partial charge is 0.495 e. The first-order chi connectivity index (χ1) is 15.1. The summed E-state index contributed by atoms with van der Waals surface area (Å²) >= 11 is 0. The maximum atomic E-state index is 12.4. The van der Waals surface area contributed by atoms with Crippen LogP contribution in [0.15, 0.2) is 42.7 Å². The molecule has 0 atom stereocenters. The molecule has 1 fully saturated rings. The smallest absolute Gasteiger partial charge is 0.230 e. The lowest BCUT2D eigenvalue weighted by atomic mass is 10.1. The van der Waals surface area contributed by atoms with E-state index in [1.54, 1.807) is 18.3 Å². The summed E-state index contributed by atoms with van der Waals surface area (Å²) < 4.78 is 5.16. The van der Waals surface area contributed by atoms with Gasteiger partial charge in [-0.2, -0.15) is 15.2 Å². The van der Waals surface area contributed by atoms with Crippen LogP contribution in [0.4, 0.5) is 11.6 Å². The fraction of sp³-hybridized carbons (Fsp3) is 0.318. The van der Waals surface area contributed by atoms with E-state index in [4.69, 9.17) is 4.74 Å². The number of nitriles is 1. The number of nitrogens with one attached hydrogen (secondary N) is 1. The first-order valence-electron chi connectivity index (χ1n) is 10.1. The molecule has 31 heavy (non-hydrogen) atoms. The van der Waals surface area contributed by atoms with E-state index in [-0.39, 0.29) is 12.3 Å². The van der Waals surface area contributed by atoms with Gasteiger partial charge in [-0.15, -0.1) is 5.10 Å². The van der Waals surface area contributed by atoms with Crippen molar-refractivity contribution in [3.8, 4) is 11.8 Å². The lowest BCUT2D eigenvalue weighted by molar-refractivity contribution is -0.115. The number of nitrogens with zero attached hydrogens (tertiary/aromatic N) is 6. The molecule has 3 heterocycles. The Morgan fingerprint density at radius 3 is 2.71 bits per heavy atom. The molecule has 1 saturated heterocycles. The van der Waals surface area contributed by atoms with Gasteiger partial charge in [-0.1, -0.05) is 12.1 Å². The van der Waals surface area contributed by atoms with Gasteiger partial charge in [0.2, 0.25) is 5.91 Å². The fourth-order valence-electron chi connectivity index (χ4n) is 3.56. The lowest BCUT2D eigenvalue weighted by Gasteiger charge is -2.16. The molecule has 3 aromatic rings. The summed E-state index contributed by atoms with van der Waals surface area (Å²) in [6, 6.07) is 11.3. The zero-order chi connectivity index (χ0) is 21.6. The van der Waals surface area contributed by atoms with Crippen molar-refractivity contribution in [1.82, 2.24) is 20.0 Å². The molecular weight excluding hydrogens is 394 g/mol. The Hall–Kier alpha value is -3.93. The standard InChI is InChI=1S/C22H23N7O2/c1-31-19-6-4-17(10-18(19)12-23)15-29-25-14-20(27-29)26-22(30)11-16-5-7-21(24-13-16)28-8-2-3-9-28/h4-7,10,13-14H,2-3,8-9,11,15H2,1H3,(H,26,27,30). The van der Waals surface area contributed by atoms with Crippen molar-refractivity contribution < 1.29 is 9.53 Å². The molecule has 0 spiro atoms. The number of amides is 1. The minimum absolute atomic E-state index is 0.181. The number of benzene rings is 1. The van der Waals surface area contributed by atoms with Gasteiger partial charge in [-0.3, -0.25) is 4.79 Å². The predicted molar refractivity (Wildman–Crippen MR) is 115 cm³/mol. The van der Waals surface area contributed by atoms with E-state index in [2.05, 4.69) is 31.5 Å². The van der Waals surface area contributed by atoms with Gasteiger partial charge in [0.15, 0.2) is 5.82 Å². The molecule has 1 amide bonds. The Labute approximate surface area is 180 Å². The minimum atomic E-state index is -0.181. The second-order valence-electron chi connectivity index (χ2n) is 7.35. The van der Waals surface area contributed by atoms with Gasteiger partial charge in [-0.25, -0.2) is 4.98 Å². The van der Waals surface area contributed by atoms with Crippen molar-refractivity contribution in [2.75, 3.05) is 30.4 Å². The second kappa shape index (κ2) is 9.26. The molecule has 1 aliphatic rings. The van der Waals surface area contributed by atoms with Crippen molar-refractivity contribution in [2.24, 2.45) is 0 Å². The van der Waals surface area contributed by atoms with Gasteiger partial charge in [0, 0.05) is 19.3 Å². The van der Waals surface area contributed by atoms with Crippen LogP contribution in [0.25, 0.3) is 0 Å². The number of methoxy groups -OCH3 is 1. The van der Waals surface area contributed by atoms with Crippen LogP contribution in [0, 0.1) is 11.3 Å². The number of carbonyl (C=O) groups excluding carboxylic acids is 1.